The van der Waals surface area contributed by atoms with E-state index in [1.807, 2.05) is 38.1 Å². The highest BCUT2D eigenvalue weighted by Gasteiger charge is 2.11. The highest BCUT2D eigenvalue weighted by molar-refractivity contribution is 9.10. The largest absolute Gasteiger partial charge is 0.377 e. The molecule has 0 aliphatic heterocycles. The summed E-state index contributed by atoms with van der Waals surface area (Å²) >= 11 is 3.34. The van der Waals surface area contributed by atoms with Crippen molar-refractivity contribution >= 4 is 21.8 Å². The topological polar surface area (TPSA) is 29.5 Å². The average Bonchev–Trinajstić information content (AvgIpc) is 2.28. The fourth-order valence-corrected chi connectivity index (χ4v) is 1.60. The maximum atomic E-state index is 12.0. The summed E-state index contributed by atoms with van der Waals surface area (Å²) in [6.07, 6.45) is 0.200. The SMILES string of the molecule is CC(C)OCCN(C)C(=O)c1ccc(Br)cc1. The Hall–Kier alpha value is -0.870. The number of hydrogen-bond donors (Lipinski definition) is 0. The van der Waals surface area contributed by atoms with E-state index in [1.165, 1.54) is 0 Å². The van der Waals surface area contributed by atoms with Crippen molar-refractivity contribution in [3.63, 3.8) is 0 Å². The molecule has 0 saturated carbocycles. The second kappa shape index (κ2) is 6.77. The molecule has 1 aromatic rings. The van der Waals surface area contributed by atoms with Crippen molar-refractivity contribution in [3.8, 4) is 0 Å². The van der Waals surface area contributed by atoms with Crippen LogP contribution in [0.5, 0.6) is 0 Å². The number of ether oxygens (including phenoxy) is 1. The second-order valence-corrected chi connectivity index (χ2v) is 5.07. The van der Waals surface area contributed by atoms with Gasteiger partial charge >= 0.3 is 0 Å². The van der Waals surface area contributed by atoms with Crippen LogP contribution in [0.4, 0.5) is 0 Å². The van der Waals surface area contributed by atoms with E-state index >= 15 is 0 Å². The van der Waals surface area contributed by atoms with Gasteiger partial charge in [-0.25, -0.2) is 0 Å². The first-order valence-electron chi connectivity index (χ1n) is 5.63. The Kier molecular flexibility index (Phi) is 5.65. The van der Waals surface area contributed by atoms with E-state index < -0.39 is 0 Å². The van der Waals surface area contributed by atoms with Crippen molar-refractivity contribution in [2.24, 2.45) is 0 Å². The normalized spacial score (nSPS) is 10.6. The number of carbonyl (C=O) groups is 1. The molecule has 0 radical (unpaired) electrons. The Morgan fingerprint density at radius 2 is 1.94 bits per heavy atom. The predicted molar refractivity (Wildman–Crippen MR) is 72.2 cm³/mol. The van der Waals surface area contributed by atoms with Crippen LogP contribution in [-0.4, -0.2) is 37.1 Å². The number of nitrogens with zero attached hydrogens (tertiary/aromatic N) is 1. The van der Waals surface area contributed by atoms with E-state index in [1.54, 1.807) is 11.9 Å². The first-order chi connectivity index (χ1) is 8.00. The lowest BCUT2D eigenvalue weighted by Gasteiger charge is -2.18. The number of carbonyl (C=O) groups excluding carboxylic acids is 1. The Balaban J connectivity index is 2.49. The molecule has 3 nitrogen and oxygen atoms in total. The fourth-order valence-electron chi connectivity index (χ4n) is 1.34. The third kappa shape index (κ3) is 4.88. The maximum Gasteiger partial charge on any atom is 0.253 e. The van der Waals surface area contributed by atoms with E-state index in [0.29, 0.717) is 18.7 Å². The first kappa shape index (κ1) is 14.2. The molecule has 0 aliphatic carbocycles. The summed E-state index contributed by atoms with van der Waals surface area (Å²) in [6.45, 7) is 5.14. The summed E-state index contributed by atoms with van der Waals surface area (Å²) in [5.41, 5.74) is 0.695. The zero-order valence-corrected chi connectivity index (χ0v) is 12.0. The molecular formula is C13H18BrNO2. The minimum Gasteiger partial charge on any atom is -0.377 e. The zero-order valence-electron chi connectivity index (χ0n) is 10.4. The molecule has 94 valence electrons. The van der Waals surface area contributed by atoms with Crippen molar-refractivity contribution in [2.45, 2.75) is 20.0 Å². The molecule has 0 unspecified atom stereocenters. The molecule has 0 heterocycles. The number of halogens is 1. The molecule has 4 heteroatoms. The van der Waals surface area contributed by atoms with Crippen LogP contribution in [0.1, 0.15) is 24.2 Å². The van der Waals surface area contributed by atoms with Gasteiger partial charge in [0.05, 0.1) is 12.7 Å². The van der Waals surface area contributed by atoms with E-state index in [4.69, 9.17) is 4.74 Å². The zero-order chi connectivity index (χ0) is 12.8. The molecule has 0 N–H and O–H groups in total. The minimum atomic E-state index is 0.0184. The van der Waals surface area contributed by atoms with Gasteiger partial charge in [0.1, 0.15) is 0 Å². The van der Waals surface area contributed by atoms with Crippen molar-refractivity contribution in [3.05, 3.63) is 34.3 Å². The van der Waals surface area contributed by atoms with Gasteiger partial charge in [0, 0.05) is 23.6 Å². The first-order valence-corrected chi connectivity index (χ1v) is 6.42. The molecule has 1 aromatic carbocycles. The van der Waals surface area contributed by atoms with E-state index in [-0.39, 0.29) is 12.0 Å². The fraction of sp³-hybridized carbons (Fsp3) is 0.462. The molecule has 17 heavy (non-hydrogen) atoms. The third-order valence-corrected chi connectivity index (χ3v) is 2.84. The minimum absolute atomic E-state index is 0.0184. The average molecular weight is 300 g/mol. The maximum absolute atomic E-state index is 12.0. The van der Waals surface area contributed by atoms with Crippen molar-refractivity contribution in [1.82, 2.24) is 4.90 Å². The highest BCUT2D eigenvalue weighted by Crippen LogP contribution is 2.11. The molecule has 0 saturated heterocycles. The van der Waals surface area contributed by atoms with Gasteiger partial charge < -0.3 is 9.64 Å². The van der Waals surface area contributed by atoms with Gasteiger partial charge in [-0.1, -0.05) is 15.9 Å². The van der Waals surface area contributed by atoms with Crippen LogP contribution in [0.3, 0.4) is 0 Å². The number of likely N-dealkylation sites (N-methyl/N-ethyl adjacent to an activating group) is 1. The molecule has 1 rings (SSSR count). The standard InChI is InChI=1S/C13H18BrNO2/c1-10(2)17-9-8-15(3)13(16)11-4-6-12(14)7-5-11/h4-7,10H,8-9H2,1-3H3. The Morgan fingerprint density at radius 1 is 1.35 bits per heavy atom. The van der Waals surface area contributed by atoms with Crippen molar-refractivity contribution in [2.75, 3.05) is 20.2 Å². The quantitative estimate of drug-likeness (QED) is 0.836. The van der Waals surface area contributed by atoms with E-state index in [9.17, 15) is 4.79 Å². The van der Waals surface area contributed by atoms with Crippen molar-refractivity contribution < 1.29 is 9.53 Å². The van der Waals surface area contributed by atoms with Gasteiger partial charge in [0.15, 0.2) is 0 Å². The highest BCUT2D eigenvalue weighted by atomic mass is 79.9. The van der Waals surface area contributed by atoms with Crippen LogP contribution in [-0.2, 0) is 4.74 Å². The summed E-state index contributed by atoms with van der Waals surface area (Å²) in [6, 6.07) is 7.36. The summed E-state index contributed by atoms with van der Waals surface area (Å²) in [5.74, 6) is 0.0184. The summed E-state index contributed by atoms with van der Waals surface area (Å²) in [7, 11) is 1.79. The van der Waals surface area contributed by atoms with Gasteiger partial charge in [0.25, 0.3) is 5.91 Å². The van der Waals surface area contributed by atoms with E-state index in [2.05, 4.69) is 15.9 Å². The van der Waals surface area contributed by atoms with Crippen LogP contribution in [0.15, 0.2) is 28.7 Å². The lowest BCUT2D eigenvalue weighted by atomic mass is 10.2. The van der Waals surface area contributed by atoms with Crippen molar-refractivity contribution in [1.29, 1.82) is 0 Å². The molecule has 0 spiro atoms. The molecule has 0 aliphatic rings. The Labute approximate surface area is 111 Å². The van der Waals surface area contributed by atoms with Gasteiger partial charge in [-0.2, -0.15) is 0 Å². The monoisotopic (exact) mass is 299 g/mol. The van der Waals surface area contributed by atoms with Crippen LogP contribution < -0.4 is 0 Å². The smallest absolute Gasteiger partial charge is 0.253 e. The van der Waals surface area contributed by atoms with Crippen LogP contribution in [0, 0.1) is 0 Å². The lowest BCUT2D eigenvalue weighted by molar-refractivity contribution is 0.0532. The molecule has 1 amide bonds. The van der Waals surface area contributed by atoms with Crippen LogP contribution >= 0.6 is 15.9 Å². The number of amides is 1. The summed E-state index contributed by atoms with van der Waals surface area (Å²) in [5, 5.41) is 0. The van der Waals surface area contributed by atoms with Crippen LogP contribution in [0.25, 0.3) is 0 Å². The predicted octanol–water partition coefficient (Wildman–Crippen LogP) is 2.95. The lowest BCUT2D eigenvalue weighted by Crippen LogP contribution is -2.30. The number of benzene rings is 1. The van der Waals surface area contributed by atoms with Gasteiger partial charge in [-0.05, 0) is 38.1 Å². The molecule has 0 bridgehead atoms. The molecular weight excluding hydrogens is 282 g/mol. The summed E-state index contributed by atoms with van der Waals surface area (Å²) < 4.78 is 6.39. The van der Waals surface area contributed by atoms with Crippen LogP contribution in [0.2, 0.25) is 0 Å². The molecule has 0 fully saturated rings. The Morgan fingerprint density at radius 3 is 2.47 bits per heavy atom. The van der Waals surface area contributed by atoms with Gasteiger partial charge in [0.2, 0.25) is 0 Å². The number of hydrogen-bond acceptors (Lipinski definition) is 2. The van der Waals surface area contributed by atoms with Gasteiger partial charge in [-0.3, -0.25) is 4.79 Å². The molecule has 0 atom stereocenters. The van der Waals surface area contributed by atoms with E-state index in [0.717, 1.165) is 4.47 Å². The third-order valence-electron chi connectivity index (χ3n) is 2.32. The second-order valence-electron chi connectivity index (χ2n) is 4.15. The Bertz CT molecular complexity index is 362. The number of rotatable bonds is 5. The molecule has 0 aromatic heterocycles. The summed E-state index contributed by atoms with van der Waals surface area (Å²) in [4.78, 5) is 13.7. The van der Waals surface area contributed by atoms with Gasteiger partial charge in [-0.15, -0.1) is 0 Å².